The third-order valence-electron chi connectivity index (χ3n) is 4.63. The largest absolute Gasteiger partial charge is 0.338 e. The molecule has 1 aliphatic carbocycles. The van der Waals surface area contributed by atoms with Crippen molar-refractivity contribution in [1.29, 1.82) is 0 Å². The maximum atomic E-state index is 12.1. The highest BCUT2D eigenvalue weighted by Gasteiger charge is 2.15. The van der Waals surface area contributed by atoms with Crippen molar-refractivity contribution in [1.82, 2.24) is 5.32 Å². The number of amides is 2. The summed E-state index contributed by atoms with van der Waals surface area (Å²) in [6.45, 7) is 5.17. The smallest absolute Gasteiger partial charge is 0.319 e. The van der Waals surface area contributed by atoms with Gasteiger partial charge in [-0.15, -0.1) is 0 Å². The minimum absolute atomic E-state index is 0.0728. The third-order valence-corrected chi connectivity index (χ3v) is 4.63. The van der Waals surface area contributed by atoms with E-state index in [1.54, 1.807) is 0 Å². The predicted octanol–water partition coefficient (Wildman–Crippen LogP) is 4.90. The van der Waals surface area contributed by atoms with Gasteiger partial charge < -0.3 is 10.6 Å². The van der Waals surface area contributed by atoms with Gasteiger partial charge in [0.1, 0.15) is 0 Å². The summed E-state index contributed by atoms with van der Waals surface area (Å²) in [7, 11) is 0. The average Bonchev–Trinajstić information content (AvgIpc) is 2.54. The van der Waals surface area contributed by atoms with E-state index >= 15 is 0 Å². The summed E-state index contributed by atoms with van der Waals surface area (Å²) >= 11 is 0. The molecule has 21 heavy (non-hydrogen) atoms. The first-order valence-electron chi connectivity index (χ1n) is 8.34. The summed E-state index contributed by atoms with van der Waals surface area (Å²) in [4.78, 5) is 12.1. The molecule has 1 aromatic rings. The molecule has 0 radical (unpaired) electrons. The zero-order chi connectivity index (χ0) is 15.1. The standard InChI is InChI=1S/C18H28N2O/c1-3-14(2)16-11-7-8-12-17(16)20-18(21)19-13-15-9-5-4-6-10-15/h7-8,11-12,14-15H,3-6,9-10,13H2,1-2H3,(H2,19,20,21). The van der Waals surface area contributed by atoms with Gasteiger partial charge in [0.25, 0.3) is 0 Å². The summed E-state index contributed by atoms with van der Waals surface area (Å²) < 4.78 is 0. The lowest BCUT2D eigenvalue weighted by atomic mass is 9.89. The number of benzene rings is 1. The van der Waals surface area contributed by atoms with Crippen molar-refractivity contribution >= 4 is 11.7 Å². The number of carbonyl (C=O) groups is 1. The van der Waals surface area contributed by atoms with Crippen molar-refractivity contribution in [2.45, 2.75) is 58.3 Å². The van der Waals surface area contributed by atoms with Gasteiger partial charge in [-0.2, -0.15) is 0 Å². The van der Waals surface area contributed by atoms with Crippen LogP contribution in [0.4, 0.5) is 10.5 Å². The van der Waals surface area contributed by atoms with Gasteiger partial charge in [-0.25, -0.2) is 4.79 Å². The van der Waals surface area contributed by atoms with Crippen LogP contribution < -0.4 is 10.6 Å². The summed E-state index contributed by atoms with van der Waals surface area (Å²) in [5.41, 5.74) is 2.15. The highest BCUT2D eigenvalue weighted by Crippen LogP contribution is 2.26. The Kier molecular flexibility index (Phi) is 6.09. The van der Waals surface area contributed by atoms with Gasteiger partial charge >= 0.3 is 6.03 Å². The van der Waals surface area contributed by atoms with Gasteiger partial charge in [-0.3, -0.25) is 0 Å². The van der Waals surface area contributed by atoms with E-state index in [-0.39, 0.29) is 6.03 Å². The van der Waals surface area contributed by atoms with E-state index in [1.807, 2.05) is 18.2 Å². The summed E-state index contributed by atoms with van der Waals surface area (Å²) in [6, 6.07) is 8.03. The van der Waals surface area contributed by atoms with E-state index in [0.29, 0.717) is 11.8 Å². The Hall–Kier alpha value is -1.51. The first kappa shape index (κ1) is 15.9. The number of hydrogen-bond acceptors (Lipinski definition) is 1. The lowest BCUT2D eigenvalue weighted by Crippen LogP contribution is -2.34. The van der Waals surface area contributed by atoms with Crippen molar-refractivity contribution in [2.24, 2.45) is 5.92 Å². The van der Waals surface area contributed by atoms with E-state index in [4.69, 9.17) is 0 Å². The molecule has 0 aliphatic heterocycles. The molecule has 1 atom stereocenters. The Balaban J connectivity index is 1.87. The molecular formula is C18H28N2O. The lowest BCUT2D eigenvalue weighted by Gasteiger charge is -2.22. The van der Waals surface area contributed by atoms with Crippen molar-refractivity contribution in [3.8, 4) is 0 Å². The molecule has 2 amide bonds. The number of anilines is 1. The van der Waals surface area contributed by atoms with Gasteiger partial charge in [-0.1, -0.05) is 51.3 Å². The molecule has 0 heterocycles. The maximum Gasteiger partial charge on any atom is 0.319 e. The normalized spacial score (nSPS) is 17.2. The molecule has 0 saturated heterocycles. The van der Waals surface area contributed by atoms with Gasteiger partial charge in [0.15, 0.2) is 0 Å². The van der Waals surface area contributed by atoms with Gasteiger partial charge in [-0.05, 0) is 42.7 Å². The highest BCUT2D eigenvalue weighted by atomic mass is 16.2. The van der Waals surface area contributed by atoms with Gasteiger partial charge in [0.2, 0.25) is 0 Å². The Morgan fingerprint density at radius 1 is 1.24 bits per heavy atom. The van der Waals surface area contributed by atoms with E-state index in [9.17, 15) is 4.79 Å². The SMILES string of the molecule is CCC(C)c1ccccc1NC(=O)NCC1CCCCC1. The number of hydrogen-bond donors (Lipinski definition) is 2. The number of urea groups is 1. The fourth-order valence-corrected chi connectivity index (χ4v) is 3.06. The second kappa shape index (κ2) is 8.06. The van der Waals surface area contributed by atoms with Crippen LogP contribution in [-0.4, -0.2) is 12.6 Å². The predicted molar refractivity (Wildman–Crippen MR) is 88.7 cm³/mol. The lowest BCUT2D eigenvalue weighted by molar-refractivity contribution is 0.247. The number of nitrogens with one attached hydrogen (secondary N) is 2. The van der Waals surface area contributed by atoms with Crippen LogP contribution in [-0.2, 0) is 0 Å². The molecule has 0 aromatic heterocycles. The monoisotopic (exact) mass is 288 g/mol. The third kappa shape index (κ3) is 4.76. The Bertz CT molecular complexity index is 452. The molecule has 1 aromatic carbocycles. The van der Waals surface area contributed by atoms with Crippen molar-refractivity contribution < 1.29 is 4.79 Å². The average molecular weight is 288 g/mol. The zero-order valence-corrected chi connectivity index (χ0v) is 13.3. The van der Waals surface area contributed by atoms with Crippen LogP contribution in [0, 0.1) is 5.92 Å². The van der Waals surface area contributed by atoms with E-state index < -0.39 is 0 Å². The number of para-hydroxylation sites is 1. The number of rotatable bonds is 5. The van der Waals surface area contributed by atoms with Crippen LogP contribution in [0.25, 0.3) is 0 Å². The highest BCUT2D eigenvalue weighted by molar-refractivity contribution is 5.90. The minimum Gasteiger partial charge on any atom is -0.338 e. The summed E-state index contributed by atoms with van der Waals surface area (Å²) in [6.07, 6.45) is 7.55. The minimum atomic E-state index is -0.0728. The van der Waals surface area contributed by atoms with Crippen LogP contribution in [0.15, 0.2) is 24.3 Å². The van der Waals surface area contributed by atoms with Crippen molar-refractivity contribution in [3.05, 3.63) is 29.8 Å². The Morgan fingerprint density at radius 2 is 1.95 bits per heavy atom. The first-order valence-corrected chi connectivity index (χ1v) is 8.34. The first-order chi connectivity index (χ1) is 10.2. The zero-order valence-electron chi connectivity index (χ0n) is 13.3. The second-order valence-electron chi connectivity index (χ2n) is 6.24. The van der Waals surface area contributed by atoms with E-state index in [1.165, 1.54) is 37.7 Å². The van der Waals surface area contributed by atoms with E-state index in [0.717, 1.165) is 18.7 Å². The molecule has 2 N–H and O–H groups in total. The van der Waals surface area contributed by atoms with Crippen LogP contribution in [0.1, 0.15) is 63.9 Å². The van der Waals surface area contributed by atoms with Crippen LogP contribution in [0.2, 0.25) is 0 Å². The molecule has 1 unspecified atom stereocenters. The Morgan fingerprint density at radius 3 is 2.67 bits per heavy atom. The van der Waals surface area contributed by atoms with Gasteiger partial charge in [0.05, 0.1) is 0 Å². The fourth-order valence-electron chi connectivity index (χ4n) is 3.06. The molecule has 3 nitrogen and oxygen atoms in total. The topological polar surface area (TPSA) is 41.1 Å². The van der Waals surface area contributed by atoms with Crippen LogP contribution in [0.3, 0.4) is 0 Å². The van der Waals surface area contributed by atoms with Crippen molar-refractivity contribution in [3.63, 3.8) is 0 Å². The molecule has 116 valence electrons. The summed E-state index contributed by atoms with van der Waals surface area (Å²) in [5.74, 6) is 1.12. The van der Waals surface area contributed by atoms with Gasteiger partial charge in [0, 0.05) is 12.2 Å². The number of carbonyl (C=O) groups excluding carboxylic acids is 1. The van der Waals surface area contributed by atoms with Crippen LogP contribution >= 0.6 is 0 Å². The molecule has 3 heteroatoms. The molecule has 0 spiro atoms. The van der Waals surface area contributed by atoms with Crippen LogP contribution in [0.5, 0.6) is 0 Å². The molecule has 2 rings (SSSR count). The van der Waals surface area contributed by atoms with Crippen molar-refractivity contribution in [2.75, 3.05) is 11.9 Å². The molecular weight excluding hydrogens is 260 g/mol. The molecule has 1 fully saturated rings. The molecule has 1 saturated carbocycles. The Labute approximate surface area is 128 Å². The quantitative estimate of drug-likeness (QED) is 0.794. The maximum absolute atomic E-state index is 12.1. The molecule has 0 bridgehead atoms. The fraction of sp³-hybridized carbons (Fsp3) is 0.611. The summed E-state index contributed by atoms with van der Waals surface area (Å²) in [5, 5.41) is 6.05. The second-order valence-corrected chi connectivity index (χ2v) is 6.24. The van der Waals surface area contributed by atoms with E-state index in [2.05, 4.69) is 30.5 Å². The molecule has 1 aliphatic rings.